The van der Waals surface area contributed by atoms with Crippen LogP contribution in [0.5, 0.6) is 5.75 Å². The second-order valence-corrected chi connectivity index (χ2v) is 11.5. The fraction of sp³-hybridized carbons (Fsp3) is 0.276. The number of nitrogens with one attached hydrogen (secondary N) is 1. The molecule has 1 aliphatic heterocycles. The van der Waals surface area contributed by atoms with Crippen LogP contribution in [0.3, 0.4) is 0 Å². The number of sulfonamides is 1. The van der Waals surface area contributed by atoms with Gasteiger partial charge in [0.2, 0.25) is 10.0 Å². The second-order valence-electron chi connectivity index (χ2n) is 9.59. The first-order valence-electron chi connectivity index (χ1n) is 12.6. The largest absolute Gasteiger partial charge is 0.497 e. The minimum Gasteiger partial charge on any atom is -0.497 e. The van der Waals surface area contributed by atoms with Gasteiger partial charge in [-0.2, -0.15) is 4.31 Å². The molecule has 9 heteroatoms. The molecular formula is C29H30N4O4S. The fourth-order valence-corrected chi connectivity index (χ4v) is 6.12. The predicted molar refractivity (Wildman–Crippen MR) is 146 cm³/mol. The van der Waals surface area contributed by atoms with E-state index in [1.54, 1.807) is 43.8 Å². The molecule has 3 heterocycles. The first kappa shape index (κ1) is 25.8. The number of hydrogen-bond donors (Lipinski definition) is 1. The molecule has 1 fully saturated rings. The molecule has 0 atom stereocenters. The Morgan fingerprint density at radius 1 is 1.03 bits per heavy atom. The number of hydrogen-bond acceptors (Lipinski definition) is 6. The molecule has 0 aliphatic carbocycles. The van der Waals surface area contributed by atoms with Gasteiger partial charge in [-0.05, 0) is 72.9 Å². The van der Waals surface area contributed by atoms with Crippen LogP contribution in [0.25, 0.3) is 22.2 Å². The van der Waals surface area contributed by atoms with Gasteiger partial charge in [0, 0.05) is 43.0 Å². The van der Waals surface area contributed by atoms with Crippen LogP contribution in [0.2, 0.25) is 0 Å². The molecule has 1 N–H and O–H groups in total. The number of benzene rings is 2. The minimum absolute atomic E-state index is 0.169. The number of rotatable bonds is 7. The van der Waals surface area contributed by atoms with Gasteiger partial charge < -0.3 is 10.1 Å². The minimum atomic E-state index is -3.69. The van der Waals surface area contributed by atoms with Crippen LogP contribution in [-0.4, -0.2) is 48.8 Å². The number of methoxy groups -OCH3 is 1. The van der Waals surface area contributed by atoms with E-state index in [4.69, 9.17) is 9.72 Å². The number of carbonyl (C=O) groups excluding carboxylic acids is 1. The average Bonchev–Trinajstić information content (AvgIpc) is 2.96. The van der Waals surface area contributed by atoms with Gasteiger partial charge in [0.05, 0.1) is 28.8 Å². The third kappa shape index (κ3) is 5.39. The molecule has 0 unspecified atom stereocenters. The van der Waals surface area contributed by atoms with Gasteiger partial charge in [0.25, 0.3) is 5.91 Å². The van der Waals surface area contributed by atoms with Crippen molar-refractivity contribution >= 4 is 26.8 Å². The lowest BCUT2D eigenvalue weighted by Gasteiger charge is -2.29. The summed E-state index contributed by atoms with van der Waals surface area (Å²) in [5.41, 5.74) is 3.23. The highest BCUT2D eigenvalue weighted by Crippen LogP contribution is 2.29. The number of pyridine rings is 2. The number of aromatic nitrogens is 2. The van der Waals surface area contributed by atoms with Crippen molar-refractivity contribution in [3.8, 4) is 17.0 Å². The summed E-state index contributed by atoms with van der Waals surface area (Å²) in [4.78, 5) is 22.5. The highest BCUT2D eigenvalue weighted by Gasteiger charge is 2.29. The molecule has 2 aromatic heterocycles. The van der Waals surface area contributed by atoms with Crippen LogP contribution in [0.15, 0.2) is 78.0 Å². The summed E-state index contributed by atoms with van der Waals surface area (Å²) in [7, 11) is -2.09. The summed E-state index contributed by atoms with van der Waals surface area (Å²) in [5.74, 6) is 0.929. The molecule has 1 saturated heterocycles. The Kier molecular flexibility index (Phi) is 7.40. The maximum absolute atomic E-state index is 13.5. The van der Waals surface area contributed by atoms with Gasteiger partial charge in [-0.1, -0.05) is 19.1 Å². The number of fused-ring (bicyclic) bond motifs is 1. The molecule has 8 nitrogen and oxygen atoms in total. The molecule has 0 saturated carbocycles. The molecule has 1 amide bonds. The van der Waals surface area contributed by atoms with Gasteiger partial charge in [0.1, 0.15) is 5.75 Å². The van der Waals surface area contributed by atoms with E-state index in [2.05, 4.69) is 17.2 Å². The van der Waals surface area contributed by atoms with Crippen molar-refractivity contribution in [1.29, 1.82) is 0 Å². The SMILES string of the molecule is COc1ccc(CNC(=O)c2cc(-c3ccncc3)nc3ccc(S(=O)(=O)N4CCC(C)CC4)cc23)cc1. The van der Waals surface area contributed by atoms with E-state index < -0.39 is 10.0 Å². The first-order valence-corrected chi connectivity index (χ1v) is 14.1. The Balaban J connectivity index is 1.53. The summed E-state index contributed by atoms with van der Waals surface area (Å²) in [6.07, 6.45) is 5.00. The molecule has 4 aromatic rings. The van der Waals surface area contributed by atoms with Gasteiger partial charge >= 0.3 is 0 Å². The molecule has 1 aliphatic rings. The van der Waals surface area contributed by atoms with Crippen molar-refractivity contribution in [3.63, 3.8) is 0 Å². The van der Waals surface area contributed by atoms with E-state index in [0.29, 0.717) is 47.7 Å². The second kappa shape index (κ2) is 10.9. The van der Waals surface area contributed by atoms with Crippen LogP contribution in [0.1, 0.15) is 35.7 Å². The van der Waals surface area contributed by atoms with E-state index in [0.717, 1.165) is 29.7 Å². The summed E-state index contributed by atoms with van der Waals surface area (Å²) in [5, 5.41) is 3.46. The average molecular weight is 531 g/mol. The van der Waals surface area contributed by atoms with Crippen molar-refractivity contribution in [3.05, 3.63) is 84.2 Å². The lowest BCUT2D eigenvalue weighted by Crippen LogP contribution is -2.37. The van der Waals surface area contributed by atoms with Crippen molar-refractivity contribution in [2.75, 3.05) is 20.2 Å². The molecule has 38 heavy (non-hydrogen) atoms. The molecule has 0 spiro atoms. The summed E-state index contributed by atoms with van der Waals surface area (Å²) in [6, 6.07) is 17.6. The number of amides is 1. The van der Waals surface area contributed by atoms with Crippen LogP contribution in [-0.2, 0) is 16.6 Å². The number of nitrogens with zero attached hydrogens (tertiary/aromatic N) is 3. The fourth-order valence-electron chi connectivity index (χ4n) is 4.62. The van der Waals surface area contributed by atoms with Crippen molar-refractivity contribution in [2.45, 2.75) is 31.2 Å². The highest BCUT2D eigenvalue weighted by atomic mass is 32.2. The lowest BCUT2D eigenvalue weighted by atomic mass is 10.0. The van der Waals surface area contributed by atoms with Gasteiger partial charge in [-0.15, -0.1) is 0 Å². The van der Waals surface area contributed by atoms with Crippen LogP contribution in [0.4, 0.5) is 0 Å². The van der Waals surface area contributed by atoms with Gasteiger partial charge in [-0.25, -0.2) is 13.4 Å². The smallest absolute Gasteiger partial charge is 0.252 e. The molecular weight excluding hydrogens is 500 g/mol. The Labute approximate surface area is 222 Å². The molecule has 0 bridgehead atoms. The highest BCUT2D eigenvalue weighted by molar-refractivity contribution is 7.89. The van der Waals surface area contributed by atoms with E-state index in [1.807, 2.05) is 36.4 Å². The van der Waals surface area contributed by atoms with E-state index in [-0.39, 0.29) is 10.8 Å². The predicted octanol–water partition coefficient (Wildman–Crippen LogP) is 4.66. The molecule has 5 rings (SSSR count). The molecule has 196 valence electrons. The van der Waals surface area contributed by atoms with Gasteiger partial charge in [-0.3, -0.25) is 9.78 Å². The maximum atomic E-state index is 13.5. The van der Waals surface area contributed by atoms with Crippen molar-refractivity contribution < 1.29 is 17.9 Å². The third-order valence-corrected chi connectivity index (χ3v) is 8.89. The summed E-state index contributed by atoms with van der Waals surface area (Å²) in [6.45, 7) is 3.44. The Bertz CT molecular complexity index is 1550. The zero-order chi connectivity index (χ0) is 26.7. The molecule has 0 radical (unpaired) electrons. The third-order valence-electron chi connectivity index (χ3n) is 6.99. The van der Waals surface area contributed by atoms with Crippen LogP contribution >= 0.6 is 0 Å². The summed E-state index contributed by atoms with van der Waals surface area (Å²) >= 11 is 0. The van der Waals surface area contributed by atoms with E-state index >= 15 is 0 Å². The van der Waals surface area contributed by atoms with E-state index in [1.165, 1.54) is 4.31 Å². The number of piperidine rings is 1. The normalized spacial score (nSPS) is 14.9. The number of carbonyl (C=O) groups is 1. The standard InChI is InChI=1S/C29H30N4O4S/c1-20-11-15-33(16-12-20)38(35,36)24-7-8-27-25(17-24)26(18-28(32-27)22-9-13-30-14-10-22)29(34)31-19-21-3-5-23(37-2)6-4-21/h3-10,13-14,17-18,20H,11-12,15-16,19H2,1-2H3,(H,31,34). The Morgan fingerprint density at radius 3 is 2.42 bits per heavy atom. The first-order chi connectivity index (χ1) is 18.3. The number of ether oxygens (including phenoxy) is 1. The van der Waals surface area contributed by atoms with Crippen molar-refractivity contribution in [1.82, 2.24) is 19.6 Å². The Morgan fingerprint density at radius 2 is 1.74 bits per heavy atom. The van der Waals surface area contributed by atoms with Gasteiger partial charge in [0.15, 0.2) is 0 Å². The zero-order valence-electron chi connectivity index (χ0n) is 21.4. The van der Waals surface area contributed by atoms with Crippen LogP contribution < -0.4 is 10.1 Å². The topological polar surface area (TPSA) is 101 Å². The lowest BCUT2D eigenvalue weighted by molar-refractivity contribution is 0.0952. The molecule has 2 aromatic carbocycles. The van der Waals surface area contributed by atoms with Crippen LogP contribution in [0, 0.1) is 5.92 Å². The Hall–Kier alpha value is -3.82. The zero-order valence-corrected chi connectivity index (χ0v) is 22.2. The maximum Gasteiger partial charge on any atom is 0.252 e. The van der Waals surface area contributed by atoms with E-state index in [9.17, 15) is 13.2 Å². The monoisotopic (exact) mass is 530 g/mol. The quantitative estimate of drug-likeness (QED) is 0.373. The van der Waals surface area contributed by atoms with Crippen molar-refractivity contribution in [2.24, 2.45) is 5.92 Å². The summed E-state index contributed by atoms with van der Waals surface area (Å²) < 4.78 is 33.7.